The van der Waals surface area contributed by atoms with Gasteiger partial charge in [-0.2, -0.15) is 4.31 Å². The summed E-state index contributed by atoms with van der Waals surface area (Å²) in [6.07, 6.45) is 0.694. The molecule has 0 aliphatic carbocycles. The van der Waals surface area contributed by atoms with Gasteiger partial charge in [-0.05, 0) is 19.1 Å². The predicted octanol–water partition coefficient (Wildman–Crippen LogP) is 0.868. The fraction of sp³-hybridized carbons (Fsp3) is 0.375. The second kappa shape index (κ2) is 7.62. The molecule has 1 aromatic heterocycles. The summed E-state index contributed by atoms with van der Waals surface area (Å²) in [6, 6.07) is 7.92. The Morgan fingerprint density at radius 2 is 1.88 bits per heavy atom. The zero-order valence-corrected chi connectivity index (χ0v) is 16.9. The zero-order chi connectivity index (χ0) is 18.9. The molecule has 1 N–H and O–H groups in total. The lowest BCUT2D eigenvalue weighted by Crippen LogP contribution is -2.39. The smallest absolute Gasteiger partial charge is 0.330 e. The maximum atomic E-state index is 12.9. The van der Waals surface area contributed by atoms with Gasteiger partial charge in [-0.15, -0.1) is 0 Å². The van der Waals surface area contributed by atoms with E-state index in [1.165, 1.54) is 21.1 Å². The lowest BCUT2D eigenvalue weighted by Gasteiger charge is -2.24. The summed E-state index contributed by atoms with van der Waals surface area (Å²) in [7, 11) is -3.65. The summed E-state index contributed by atoms with van der Waals surface area (Å²) < 4.78 is 33.9. The number of aromatic nitrogens is 2. The molecule has 0 spiro atoms. The highest BCUT2D eigenvalue weighted by molar-refractivity contribution is 14.1. The molecule has 0 unspecified atom stereocenters. The van der Waals surface area contributed by atoms with Crippen LogP contribution < -0.4 is 11.2 Å². The number of hydrogen-bond donors (Lipinski definition) is 1. The molecular weight excluding hydrogens is 473 g/mol. The van der Waals surface area contributed by atoms with Crippen LogP contribution in [0.15, 0.2) is 51.0 Å². The number of sulfonamides is 1. The molecule has 0 amide bonds. The second-order valence-corrected chi connectivity index (χ2v) is 9.51. The highest BCUT2D eigenvalue weighted by Gasteiger charge is 2.34. The Kier molecular flexibility index (Phi) is 5.65. The Bertz CT molecular complexity index is 1000. The van der Waals surface area contributed by atoms with Gasteiger partial charge in [-0.1, -0.05) is 40.3 Å². The van der Waals surface area contributed by atoms with E-state index in [4.69, 9.17) is 4.74 Å². The van der Waals surface area contributed by atoms with Crippen LogP contribution >= 0.6 is 22.6 Å². The molecular formula is C16H18IN3O5S. The summed E-state index contributed by atoms with van der Waals surface area (Å²) in [6.45, 7) is 2.40. The number of rotatable bonds is 3. The monoisotopic (exact) mass is 491 g/mol. The van der Waals surface area contributed by atoms with Crippen molar-refractivity contribution in [2.75, 3.05) is 19.7 Å². The van der Waals surface area contributed by atoms with Crippen molar-refractivity contribution in [3.8, 4) is 0 Å². The van der Waals surface area contributed by atoms with Gasteiger partial charge in [-0.25, -0.2) is 13.2 Å². The van der Waals surface area contributed by atoms with Crippen molar-refractivity contribution >= 4 is 32.6 Å². The van der Waals surface area contributed by atoms with Crippen molar-refractivity contribution in [1.29, 1.82) is 0 Å². The van der Waals surface area contributed by atoms with Gasteiger partial charge in [0.1, 0.15) is 0 Å². The number of halogens is 1. The molecule has 10 heteroatoms. The van der Waals surface area contributed by atoms with Crippen molar-refractivity contribution < 1.29 is 13.2 Å². The van der Waals surface area contributed by atoms with Crippen LogP contribution in [0, 0.1) is 6.92 Å². The molecule has 2 heterocycles. The minimum atomic E-state index is -3.65. The van der Waals surface area contributed by atoms with Gasteiger partial charge in [0.2, 0.25) is 10.0 Å². The lowest BCUT2D eigenvalue weighted by atomic mass is 10.2. The molecule has 1 saturated heterocycles. The summed E-state index contributed by atoms with van der Waals surface area (Å²) in [5.41, 5.74) is -0.0973. The fourth-order valence-electron chi connectivity index (χ4n) is 2.72. The minimum Gasteiger partial charge on any atom is -0.355 e. The van der Waals surface area contributed by atoms with Crippen molar-refractivity contribution in [2.24, 2.45) is 0 Å². The molecule has 2 atom stereocenters. The Labute approximate surface area is 164 Å². The van der Waals surface area contributed by atoms with E-state index in [1.807, 2.05) is 6.92 Å². The van der Waals surface area contributed by atoms with E-state index in [0.29, 0.717) is 0 Å². The molecule has 0 saturated carbocycles. The van der Waals surface area contributed by atoms with E-state index in [2.05, 4.69) is 27.6 Å². The molecule has 1 aromatic carbocycles. The molecule has 2 aromatic rings. The Morgan fingerprint density at radius 1 is 1.19 bits per heavy atom. The first-order valence-electron chi connectivity index (χ1n) is 7.93. The Balaban J connectivity index is 1.87. The number of aryl methyl sites for hydroxylation is 1. The Hall–Kier alpha value is -1.50. The normalized spacial score (nSPS) is 22.1. The van der Waals surface area contributed by atoms with Gasteiger partial charge in [-0.3, -0.25) is 14.3 Å². The number of ether oxygens (including phenoxy) is 1. The SMILES string of the molecule is Cc1ccc(S(=O)(=O)N2CCO[C@H](n3ccc(=O)[nH]c3=O)[C@@H](I)C2)cc1. The van der Waals surface area contributed by atoms with E-state index in [1.54, 1.807) is 24.3 Å². The third-order valence-electron chi connectivity index (χ3n) is 4.10. The highest BCUT2D eigenvalue weighted by atomic mass is 127. The zero-order valence-electron chi connectivity index (χ0n) is 14.0. The molecule has 26 heavy (non-hydrogen) atoms. The van der Waals surface area contributed by atoms with Gasteiger partial charge in [0, 0.05) is 25.4 Å². The average molecular weight is 491 g/mol. The predicted molar refractivity (Wildman–Crippen MR) is 104 cm³/mol. The van der Waals surface area contributed by atoms with Crippen molar-refractivity contribution in [1.82, 2.24) is 13.9 Å². The van der Waals surface area contributed by atoms with Crippen LogP contribution in [-0.2, 0) is 14.8 Å². The fourth-order valence-corrected chi connectivity index (χ4v) is 5.46. The van der Waals surface area contributed by atoms with E-state index in [9.17, 15) is 18.0 Å². The summed E-state index contributed by atoms with van der Waals surface area (Å²) in [5, 5.41) is 0. The van der Waals surface area contributed by atoms with Crippen LogP contribution in [0.3, 0.4) is 0 Å². The first-order chi connectivity index (χ1) is 12.3. The number of hydrogen-bond acceptors (Lipinski definition) is 5. The second-order valence-electron chi connectivity index (χ2n) is 5.97. The quantitative estimate of drug-likeness (QED) is 0.508. The number of alkyl halides is 1. The van der Waals surface area contributed by atoms with Crippen LogP contribution in [-0.4, -0.2) is 45.9 Å². The van der Waals surface area contributed by atoms with E-state index < -0.39 is 27.5 Å². The minimum absolute atomic E-state index is 0.140. The molecule has 1 fully saturated rings. The standard InChI is InChI=1S/C16H18IN3O5S/c1-11-2-4-12(5-3-11)26(23,24)19-8-9-25-15(13(17)10-19)20-7-6-14(21)18-16(20)22/h2-7,13,15H,8-10H2,1H3,(H,18,21,22)/t13-,15-/m0/s1. The summed E-state index contributed by atoms with van der Waals surface area (Å²) >= 11 is 2.07. The van der Waals surface area contributed by atoms with Crippen molar-refractivity contribution in [2.45, 2.75) is 22.0 Å². The maximum Gasteiger partial charge on any atom is 0.330 e. The third kappa shape index (κ3) is 3.92. The van der Waals surface area contributed by atoms with Crippen molar-refractivity contribution in [3.63, 3.8) is 0 Å². The van der Waals surface area contributed by atoms with Gasteiger partial charge in [0.25, 0.3) is 5.56 Å². The average Bonchev–Trinajstić information content (AvgIpc) is 2.78. The molecule has 8 nitrogen and oxygen atoms in total. The van der Waals surface area contributed by atoms with Gasteiger partial charge in [0.05, 0.1) is 15.4 Å². The largest absolute Gasteiger partial charge is 0.355 e. The number of nitrogens with zero attached hydrogens (tertiary/aromatic N) is 2. The van der Waals surface area contributed by atoms with Crippen LogP contribution in [0.5, 0.6) is 0 Å². The maximum absolute atomic E-state index is 12.9. The van der Waals surface area contributed by atoms with Crippen LogP contribution in [0.1, 0.15) is 11.8 Å². The first-order valence-corrected chi connectivity index (χ1v) is 10.6. The molecule has 1 aliphatic rings. The van der Waals surface area contributed by atoms with Crippen LogP contribution in [0.2, 0.25) is 0 Å². The summed E-state index contributed by atoms with van der Waals surface area (Å²) in [5.74, 6) is 0. The number of aromatic amines is 1. The van der Waals surface area contributed by atoms with Crippen molar-refractivity contribution in [3.05, 3.63) is 62.9 Å². The molecule has 1 aliphatic heterocycles. The molecule has 140 valence electrons. The van der Waals surface area contributed by atoms with Crippen LogP contribution in [0.25, 0.3) is 0 Å². The van der Waals surface area contributed by atoms with E-state index in [0.717, 1.165) is 5.56 Å². The number of H-pyrrole nitrogens is 1. The number of nitrogens with one attached hydrogen (secondary N) is 1. The van der Waals surface area contributed by atoms with E-state index >= 15 is 0 Å². The van der Waals surface area contributed by atoms with Gasteiger partial charge >= 0.3 is 5.69 Å². The number of benzene rings is 1. The van der Waals surface area contributed by atoms with E-state index in [-0.39, 0.29) is 28.5 Å². The van der Waals surface area contributed by atoms with Gasteiger partial charge in [0.15, 0.2) is 6.23 Å². The molecule has 3 rings (SSSR count). The lowest BCUT2D eigenvalue weighted by molar-refractivity contribution is 0.0149. The van der Waals surface area contributed by atoms with Crippen LogP contribution in [0.4, 0.5) is 0 Å². The molecule has 0 bridgehead atoms. The Morgan fingerprint density at radius 3 is 2.54 bits per heavy atom. The topological polar surface area (TPSA) is 101 Å². The highest BCUT2D eigenvalue weighted by Crippen LogP contribution is 2.27. The summed E-state index contributed by atoms with van der Waals surface area (Å²) in [4.78, 5) is 25.7. The molecule has 0 radical (unpaired) electrons. The third-order valence-corrected chi connectivity index (χ3v) is 6.99. The first kappa shape index (κ1) is 19.3. The van der Waals surface area contributed by atoms with Gasteiger partial charge < -0.3 is 4.74 Å².